The van der Waals surface area contributed by atoms with Gasteiger partial charge in [0.05, 0.1) is 0 Å². The average molecular weight is 179 g/mol. The van der Waals surface area contributed by atoms with Crippen molar-refractivity contribution in [3.8, 4) is 0 Å². The molecule has 0 spiro atoms. The van der Waals surface area contributed by atoms with Gasteiger partial charge in [-0.1, -0.05) is 18.2 Å². The molecule has 0 unspecified atom stereocenters. The van der Waals surface area contributed by atoms with E-state index in [0.717, 1.165) is 0 Å². The highest BCUT2D eigenvalue weighted by Gasteiger charge is 2.01. The lowest BCUT2D eigenvalue weighted by Crippen LogP contribution is -2.18. The molecule has 0 heterocycles. The summed E-state index contributed by atoms with van der Waals surface area (Å²) in [6.45, 7) is -0.928. The largest absolute Gasteiger partial charge is 0.271 e. The Morgan fingerprint density at radius 3 is 2.77 bits per heavy atom. The standard InChI is InChI=1S/C10H12N2O/c1-8(2)11-12-10(13)9-6-4-3-5-7-9/h3-7H,1-2H3,(H,12,13)/i1D3/b11-8-. The monoisotopic (exact) mass is 179 g/mol. The summed E-state index contributed by atoms with van der Waals surface area (Å²) in [6, 6.07) is 8.46. The van der Waals surface area contributed by atoms with Crippen molar-refractivity contribution in [3.63, 3.8) is 0 Å². The molecule has 0 saturated carbocycles. The fraction of sp³-hybridized carbons (Fsp3) is 0.200. The third kappa shape index (κ3) is 3.07. The van der Waals surface area contributed by atoms with E-state index in [0.29, 0.717) is 5.56 Å². The maximum atomic E-state index is 11.5. The van der Waals surface area contributed by atoms with Gasteiger partial charge in [0.15, 0.2) is 0 Å². The zero-order valence-electron chi connectivity index (χ0n) is 10.2. The van der Waals surface area contributed by atoms with Crippen LogP contribution < -0.4 is 5.43 Å². The van der Waals surface area contributed by atoms with E-state index in [1.54, 1.807) is 30.3 Å². The van der Waals surface area contributed by atoms with E-state index < -0.39 is 12.8 Å². The Bertz CT molecular complexity index is 398. The average Bonchev–Trinajstić information content (AvgIpc) is 2.25. The van der Waals surface area contributed by atoms with Gasteiger partial charge in [0.1, 0.15) is 0 Å². The minimum absolute atomic E-state index is 0.100. The summed E-state index contributed by atoms with van der Waals surface area (Å²) in [5, 5.41) is 3.53. The van der Waals surface area contributed by atoms with Crippen LogP contribution in [0.15, 0.2) is 35.4 Å². The fourth-order valence-electron chi connectivity index (χ4n) is 0.789. The van der Waals surface area contributed by atoms with Gasteiger partial charge in [0.2, 0.25) is 0 Å². The van der Waals surface area contributed by atoms with Crippen molar-refractivity contribution in [2.24, 2.45) is 5.10 Å². The first-order chi connectivity index (χ1) is 7.41. The summed E-state index contributed by atoms with van der Waals surface area (Å²) in [5.74, 6) is -0.427. The highest BCUT2D eigenvalue weighted by atomic mass is 16.2. The Hall–Kier alpha value is -1.64. The van der Waals surface area contributed by atoms with Gasteiger partial charge >= 0.3 is 0 Å². The predicted molar refractivity (Wildman–Crippen MR) is 52.7 cm³/mol. The van der Waals surface area contributed by atoms with Crippen molar-refractivity contribution in [1.29, 1.82) is 0 Å². The third-order valence-corrected chi connectivity index (χ3v) is 1.36. The predicted octanol–water partition coefficient (Wildman–Crippen LogP) is 1.81. The smallest absolute Gasteiger partial charge is 0.267 e. The maximum absolute atomic E-state index is 11.5. The Morgan fingerprint density at radius 2 is 2.15 bits per heavy atom. The summed E-state index contributed by atoms with van der Waals surface area (Å²) in [5.41, 5.74) is 2.53. The van der Waals surface area contributed by atoms with E-state index in [4.69, 9.17) is 4.11 Å². The molecule has 1 aromatic carbocycles. The van der Waals surface area contributed by atoms with E-state index in [2.05, 4.69) is 10.5 Å². The molecular formula is C10H12N2O. The van der Waals surface area contributed by atoms with E-state index in [9.17, 15) is 4.79 Å². The van der Waals surface area contributed by atoms with E-state index in [1.807, 2.05) is 0 Å². The van der Waals surface area contributed by atoms with Crippen LogP contribution in [0, 0.1) is 0 Å². The molecule has 0 atom stereocenters. The van der Waals surface area contributed by atoms with Crippen LogP contribution in [0.2, 0.25) is 0 Å². The van der Waals surface area contributed by atoms with Crippen molar-refractivity contribution in [3.05, 3.63) is 35.9 Å². The molecule has 0 aliphatic heterocycles. The molecule has 0 fully saturated rings. The van der Waals surface area contributed by atoms with Crippen molar-refractivity contribution in [2.75, 3.05) is 0 Å². The summed E-state index contributed by atoms with van der Waals surface area (Å²) < 4.78 is 21.1. The van der Waals surface area contributed by atoms with E-state index in [1.165, 1.54) is 6.92 Å². The first-order valence-corrected chi connectivity index (χ1v) is 3.81. The number of carbonyl (C=O) groups excluding carboxylic acids is 1. The molecule has 1 rings (SSSR count). The zero-order chi connectivity index (χ0) is 12.2. The first-order valence-electron chi connectivity index (χ1n) is 5.31. The molecule has 3 heteroatoms. The molecule has 13 heavy (non-hydrogen) atoms. The van der Waals surface area contributed by atoms with Crippen LogP contribution >= 0.6 is 0 Å². The topological polar surface area (TPSA) is 41.5 Å². The number of carbonyl (C=O) groups is 1. The third-order valence-electron chi connectivity index (χ3n) is 1.36. The fourth-order valence-corrected chi connectivity index (χ4v) is 0.789. The van der Waals surface area contributed by atoms with Crippen molar-refractivity contribution in [2.45, 2.75) is 13.8 Å². The van der Waals surface area contributed by atoms with Crippen LogP contribution in [-0.2, 0) is 0 Å². The van der Waals surface area contributed by atoms with Crippen LogP contribution in [0.3, 0.4) is 0 Å². The molecule has 1 amide bonds. The molecule has 1 aromatic rings. The summed E-state index contributed by atoms with van der Waals surface area (Å²) in [7, 11) is 0. The van der Waals surface area contributed by atoms with Gasteiger partial charge in [-0.3, -0.25) is 4.79 Å². The first kappa shape index (κ1) is 5.91. The Labute approximate surface area is 81.7 Å². The van der Waals surface area contributed by atoms with Crippen molar-refractivity contribution >= 4 is 11.6 Å². The van der Waals surface area contributed by atoms with Crippen LogP contribution in [0.1, 0.15) is 28.2 Å². The van der Waals surface area contributed by atoms with Crippen LogP contribution in [0.4, 0.5) is 0 Å². The van der Waals surface area contributed by atoms with Gasteiger partial charge in [0.25, 0.3) is 5.91 Å². The minimum atomic E-state index is -2.27. The lowest BCUT2D eigenvalue weighted by Gasteiger charge is -1.98. The lowest BCUT2D eigenvalue weighted by atomic mass is 10.2. The molecule has 68 valence electrons. The number of hydrogen-bond donors (Lipinski definition) is 1. The quantitative estimate of drug-likeness (QED) is 0.546. The molecule has 0 saturated heterocycles. The van der Waals surface area contributed by atoms with Gasteiger partial charge in [-0.2, -0.15) is 5.10 Å². The van der Waals surface area contributed by atoms with E-state index >= 15 is 0 Å². The Kier molecular flexibility index (Phi) is 2.00. The number of nitrogens with zero attached hydrogens (tertiary/aromatic N) is 1. The summed E-state index contributed by atoms with van der Waals surface area (Å²) in [6.07, 6.45) is 0. The maximum Gasteiger partial charge on any atom is 0.271 e. The number of nitrogens with one attached hydrogen (secondary N) is 1. The van der Waals surface area contributed by atoms with Gasteiger partial charge in [-0.15, -0.1) is 0 Å². The van der Waals surface area contributed by atoms with Gasteiger partial charge in [-0.25, -0.2) is 5.43 Å². The highest BCUT2D eigenvalue weighted by molar-refractivity contribution is 5.94. The SMILES string of the molecule is [2H]C([2H])([2H])/C(C)=N/NC(=O)c1ccccc1. The van der Waals surface area contributed by atoms with Crippen molar-refractivity contribution < 1.29 is 8.91 Å². The van der Waals surface area contributed by atoms with Crippen LogP contribution in [0.5, 0.6) is 0 Å². The van der Waals surface area contributed by atoms with Gasteiger partial charge < -0.3 is 0 Å². The van der Waals surface area contributed by atoms with E-state index in [-0.39, 0.29) is 5.71 Å². The normalized spacial score (nSPS) is 15.5. The second-order valence-corrected chi connectivity index (χ2v) is 2.50. The summed E-state index contributed by atoms with van der Waals surface area (Å²) in [4.78, 5) is 11.5. The van der Waals surface area contributed by atoms with Crippen LogP contribution in [-0.4, -0.2) is 11.6 Å². The molecule has 0 bridgehead atoms. The summed E-state index contributed by atoms with van der Waals surface area (Å²) >= 11 is 0. The number of hydrazone groups is 1. The number of hydrogen-bond acceptors (Lipinski definition) is 2. The highest BCUT2D eigenvalue weighted by Crippen LogP contribution is 1.97. The lowest BCUT2D eigenvalue weighted by molar-refractivity contribution is 0.0955. The molecule has 0 radical (unpaired) electrons. The second kappa shape index (κ2) is 4.40. The molecule has 0 aliphatic carbocycles. The number of benzene rings is 1. The molecule has 3 nitrogen and oxygen atoms in total. The molecule has 0 aromatic heterocycles. The van der Waals surface area contributed by atoms with Crippen LogP contribution in [0.25, 0.3) is 0 Å². The second-order valence-electron chi connectivity index (χ2n) is 2.50. The molecule has 0 aliphatic rings. The Morgan fingerprint density at radius 1 is 1.46 bits per heavy atom. The number of rotatable bonds is 2. The number of amides is 1. The van der Waals surface area contributed by atoms with Crippen molar-refractivity contribution in [1.82, 2.24) is 5.43 Å². The molecular weight excluding hydrogens is 164 g/mol. The Balaban J connectivity index is 2.67. The van der Waals surface area contributed by atoms with Gasteiger partial charge in [0, 0.05) is 15.4 Å². The van der Waals surface area contributed by atoms with Gasteiger partial charge in [-0.05, 0) is 25.9 Å². The minimum Gasteiger partial charge on any atom is -0.267 e. The molecule has 1 N–H and O–H groups in total. The zero-order valence-corrected chi connectivity index (χ0v) is 7.24.